The molecule has 2 fully saturated rings. The molecule has 1 spiro atoms. The van der Waals surface area contributed by atoms with Crippen LogP contribution in [0.25, 0.3) is 0 Å². The van der Waals surface area contributed by atoms with E-state index in [0.29, 0.717) is 6.04 Å². The van der Waals surface area contributed by atoms with Crippen molar-refractivity contribution in [2.75, 3.05) is 24.7 Å². The number of halogens is 1. The van der Waals surface area contributed by atoms with Crippen LogP contribution in [0, 0.1) is 5.82 Å². The molecule has 2 nitrogen and oxygen atoms in total. The number of hydrogen-bond donors (Lipinski definition) is 1. The maximum absolute atomic E-state index is 13.1. The van der Waals surface area contributed by atoms with Gasteiger partial charge < -0.3 is 10.1 Å². The Hall–Kier alpha value is -0.580. The number of thioether (sulfide) groups is 1. The summed E-state index contributed by atoms with van der Waals surface area (Å²) < 4.78 is 19.1. The Morgan fingerprint density at radius 2 is 2.40 bits per heavy atom. The molecule has 110 valence electrons. The van der Waals surface area contributed by atoms with Gasteiger partial charge in [0.1, 0.15) is 5.82 Å². The van der Waals surface area contributed by atoms with Crippen LogP contribution in [0.3, 0.4) is 0 Å². The second-order valence-electron chi connectivity index (χ2n) is 5.86. The number of rotatable bonds is 4. The first kappa shape index (κ1) is 14.4. The van der Waals surface area contributed by atoms with Crippen molar-refractivity contribution in [2.45, 2.75) is 37.3 Å². The maximum Gasteiger partial charge on any atom is 0.123 e. The van der Waals surface area contributed by atoms with E-state index in [1.165, 1.54) is 18.2 Å². The minimum atomic E-state index is -0.143. The van der Waals surface area contributed by atoms with Gasteiger partial charge in [-0.2, -0.15) is 11.8 Å². The van der Waals surface area contributed by atoms with Gasteiger partial charge in [-0.05, 0) is 55.7 Å². The highest BCUT2D eigenvalue weighted by Crippen LogP contribution is 2.38. The average Bonchev–Trinajstić information content (AvgIpc) is 2.87. The van der Waals surface area contributed by atoms with Gasteiger partial charge in [-0.3, -0.25) is 0 Å². The van der Waals surface area contributed by atoms with Crippen molar-refractivity contribution in [2.24, 2.45) is 0 Å². The first-order chi connectivity index (χ1) is 9.76. The van der Waals surface area contributed by atoms with Crippen molar-refractivity contribution in [1.82, 2.24) is 5.32 Å². The fourth-order valence-corrected chi connectivity index (χ4v) is 4.56. The number of ether oxygens (including phenoxy) is 1. The molecule has 0 bridgehead atoms. The zero-order valence-electron chi connectivity index (χ0n) is 11.7. The van der Waals surface area contributed by atoms with Crippen molar-refractivity contribution in [3.8, 4) is 0 Å². The summed E-state index contributed by atoms with van der Waals surface area (Å²) in [5.74, 6) is 2.24. The van der Waals surface area contributed by atoms with Gasteiger partial charge >= 0.3 is 0 Å². The van der Waals surface area contributed by atoms with Crippen LogP contribution in [0.2, 0.25) is 0 Å². The molecule has 2 atom stereocenters. The van der Waals surface area contributed by atoms with Crippen LogP contribution in [-0.2, 0) is 11.2 Å². The Labute approximate surface area is 124 Å². The summed E-state index contributed by atoms with van der Waals surface area (Å²) in [6.07, 6.45) is 4.30. The maximum atomic E-state index is 13.1. The van der Waals surface area contributed by atoms with E-state index in [2.05, 4.69) is 5.32 Å². The van der Waals surface area contributed by atoms with Crippen LogP contribution in [-0.4, -0.2) is 36.3 Å². The minimum absolute atomic E-state index is 0.138. The van der Waals surface area contributed by atoms with Crippen molar-refractivity contribution in [3.63, 3.8) is 0 Å². The molecule has 2 heterocycles. The lowest BCUT2D eigenvalue weighted by atomic mass is 9.90. The fraction of sp³-hybridized carbons (Fsp3) is 0.625. The third kappa shape index (κ3) is 3.54. The van der Waals surface area contributed by atoms with Gasteiger partial charge in [0.2, 0.25) is 0 Å². The summed E-state index contributed by atoms with van der Waals surface area (Å²) in [5.41, 5.74) is 1.20. The quantitative estimate of drug-likeness (QED) is 0.922. The molecule has 0 radical (unpaired) electrons. The lowest BCUT2D eigenvalue weighted by molar-refractivity contribution is -0.0699. The number of nitrogens with one attached hydrogen (secondary N) is 1. The van der Waals surface area contributed by atoms with Crippen LogP contribution in [0.15, 0.2) is 24.3 Å². The number of benzene rings is 1. The summed E-state index contributed by atoms with van der Waals surface area (Å²) in [4.78, 5) is 0. The second-order valence-corrected chi connectivity index (χ2v) is 6.96. The summed E-state index contributed by atoms with van der Waals surface area (Å²) in [7, 11) is 0. The molecule has 2 unspecified atom stereocenters. The van der Waals surface area contributed by atoms with E-state index in [-0.39, 0.29) is 11.4 Å². The van der Waals surface area contributed by atoms with Crippen LogP contribution in [0.5, 0.6) is 0 Å². The summed E-state index contributed by atoms with van der Waals surface area (Å²) in [6.45, 7) is 1.79. The lowest BCUT2D eigenvalue weighted by Crippen LogP contribution is -2.47. The van der Waals surface area contributed by atoms with E-state index in [1.807, 2.05) is 17.8 Å². The van der Waals surface area contributed by atoms with Crippen molar-refractivity contribution in [3.05, 3.63) is 35.6 Å². The van der Waals surface area contributed by atoms with E-state index in [1.54, 1.807) is 12.1 Å². The first-order valence-corrected chi connectivity index (χ1v) is 8.61. The highest BCUT2D eigenvalue weighted by Gasteiger charge is 2.40. The van der Waals surface area contributed by atoms with Crippen molar-refractivity contribution in [1.29, 1.82) is 0 Å². The minimum Gasteiger partial charge on any atom is -0.374 e. The molecule has 2 saturated heterocycles. The molecule has 1 aromatic carbocycles. The van der Waals surface area contributed by atoms with Gasteiger partial charge in [-0.1, -0.05) is 12.1 Å². The van der Waals surface area contributed by atoms with Gasteiger partial charge in [0.05, 0.1) is 5.60 Å². The lowest BCUT2D eigenvalue weighted by Gasteiger charge is -2.38. The largest absolute Gasteiger partial charge is 0.374 e. The molecule has 1 aromatic rings. The van der Waals surface area contributed by atoms with Crippen molar-refractivity contribution >= 4 is 11.8 Å². The Balaban J connectivity index is 1.46. The molecular formula is C16H22FNOS. The predicted molar refractivity (Wildman–Crippen MR) is 81.8 cm³/mol. The first-order valence-electron chi connectivity index (χ1n) is 7.45. The monoisotopic (exact) mass is 295 g/mol. The standard InChI is InChI=1S/C16H22FNOS/c17-14-3-1-2-13(10-14)4-7-18-15-5-8-19-16(11-15)6-9-20-12-16/h1-3,10,15,18H,4-9,11-12H2. The Morgan fingerprint density at radius 3 is 3.20 bits per heavy atom. The van der Waals surface area contributed by atoms with Gasteiger partial charge in [0.15, 0.2) is 0 Å². The van der Waals surface area contributed by atoms with E-state index in [0.717, 1.165) is 43.7 Å². The predicted octanol–water partition coefficient (Wildman–Crippen LogP) is 3.01. The van der Waals surface area contributed by atoms with E-state index < -0.39 is 0 Å². The molecule has 2 aliphatic heterocycles. The smallest absolute Gasteiger partial charge is 0.123 e. The van der Waals surface area contributed by atoms with Gasteiger partial charge in [0.25, 0.3) is 0 Å². The zero-order chi connectivity index (χ0) is 13.8. The Morgan fingerprint density at radius 1 is 1.45 bits per heavy atom. The molecule has 0 amide bonds. The summed E-state index contributed by atoms with van der Waals surface area (Å²) in [5, 5.41) is 3.63. The van der Waals surface area contributed by atoms with Crippen LogP contribution in [0.1, 0.15) is 24.8 Å². The van der Waals surface area contributed by atoms with Crippen molar-refractivity contribution < 1.29 is 9.13 Å². The molecule has 4 heteroatoms. The van der Waals surface area contributed by atoms with Crippen LogP contribution in [0.4, 0.5) is 4.39 Å². The SMILES string of the molecule is Fc1cccc(CCNC2CCOC3(CCSC3)C2)c1. The third-order valence-corrected chi connectivity index (χ3v) is 5.52. The summed E-state index contributed by atoms with van der Waals surface area (Å²) >= 11 is 2.01. The second kappa shape index (κ2) is 6.46. The Bertz CT molecular complexity index is 448. The van der Waals surface area contributed by atoms with E-state index >= 15 is 0 Å². The molecule has 2 aliphatic rings. The highest BCUT2D eigenvalue weighted by atomic mass is 32.2. The molecular weight excluding hydrogens is 273 g/mol. The molecule has 20 heavy (non-hydrogen) atoms. The Kier molecular flexibility index (Phi) is 4.64. The van der Waals surface area contributed by atoms with Gasteiger partial charge in [0, 0.05) is 18.4 Å². The van der Waals surface area contributed by atoms with Crippen LogP contribution < -0.4 is 5.32 Å². The molecule has 3 rings (SSSR count). The van der Waals surface area contributed by atoms with E-state index in [9.17, 15) is 4.39 Å². The average molecular weight is 295 g/mol. The molecule has 0 saturated carbocycles. The van der Waals surface area contributed by atoms with E-state index in [4.69, 9.17) is 4.74 Å². The topological polar surface area (TPSA) is 21.3 Å². The van der Waals surface area contributed by atoms with Gasteiger partial charge in [-0.15, -0.1) is 0 Å². The number of hydrogen-bond acceptors (Lipinski definition) is 3. The third-order valence-electron chi connectivity index (χ3n) is 4.30. The molecule has 0 aromatic heterocycles. The normalized spacial score (nSPS) is 29.9. The highest BCUT2D eigenvalue weighted by molar-refractivity contribution is 7.99. The van der Waals surface area contributed by atoms with Crippen LogP contribution >= 0.6 is 11.8 Å². The van der Waals surface area contributed by atoms with Gasteiger partial charge in [-0.25, -0.2) is 4.39 Å². The molecule has 1 N–H and O–H groups in total. The fourth-order valence-electron chi connectivity index (χ4n) is 3.18. The zero-order valence-corrected chi connectivity index (χ0v) is 12.6. The molecule has 0 aliphatic carbocycles. The summed E-state index contributed by atoms with van der Waals surface area (Å²) in [6, 6.07) is 7.45.